The molecule has 3 rings (SSSR count). The Morgan fingerprint density at radius 2 is 1.62 bits per heavy atom. The van der Waals surface area contributed by atoms with E-state index >= 15 is 0 Å². The monoisotopic (exact) mass is 395 g/mol. The quantitative estimate of drug-likeness (QED) is 0.637. The van der Waals surface area contributed by atoms with Crippen molar-refractivity contribution in [2.75, 3.05) is 13.6 Å². The van der Waals surface area contributed by atoms with Crippen LogP contribution in [0.3, 0.4) is 0 Å². The lowest BCUT2D eigenvalue weighted by Crippen LogP contribution is -2.38. The minimum absolute atomic E-state index is 0.285. The lowest BCUT2D eigenvalue weighted by Gasteiger charge is -2.36. The van der Waals surface area contributed by atoms with Crippen molar-refractivity contribution >= 4 is 5.97 Å². The highest BCUT2D eigenvalue weighted by Gasteiger charge is 2.52. The summed E-state index contributed by atoms with van der Waals surface area (Å²) in [5.41, 5.74) is 2.93. The van der Waals surface area contributed by atoms with E-state index in [2.05, 4.69) is 62.4 Å². The number of carboxylic acid groups (broad SMARTS) is 1. The third-order valence-electron chi connectivity index (χ3n) is 6.66. The zero-order valence-corrected chi connectivity index (χ0v) is 18.0. The molecule has 0 aromatic heterocycles. The fourth-order valence-corrected chi connectivity index (χ4v) is 4.66. The van der Waals surface area contributed by atoms with E-state index in [9.17, 15) is 9.90 Å². The first-order chi connectivity index (χ1) is 13.9. The van der Waals surface area contributed by atoms with Crippen LogP contribution in [0, 0.1) is 0 Å². The van der Waals surface area contributed by atoms with Crippen molar-refractivity contribution in [3.05, 3.63) is 71.3 Å². The van der Waals surface area contributed by atoms with Gasteiger partial charge in [-0.15, -0.1) is 0 Å². The largest absolute Gasteiger partial charge is 0.480 e. The number of rotatable bonds is 9. The zero-order chi connectivity index (χ0) is 21.1. The Hall–Kier alpha value is -2.17. The molecule has 1 N–H and O–H groups in total. The maximum atomic E-state index is 11.3. The van der Waals surface area contributed by atoms with E-state index in [1.54, 1.807) is 6.92 Å². The summed E-state index contributed by atoms with van der Waals surface area (Å²) in [6, 6.07) is 18.6. The standard InChI is InChI=1S/C25H33NO3/c1-5-24(6-2)21-15-10-11-16-22(21)25(29-24,20-13-8-7-9-14-20)17-12-18-26(4)19(3)23(27)28/h7-11,13-16,19H,5-6,12,17-18H2,1-4H3,(H,27,28). The van der Waals surface area contributed by atoms with Crippen molar-refractivity contribution in [3.8, 4) is 0 Å². The number of benzene rings is 2. The smallest absolute Gasteiger partial charge is 0.320 e. The molecule has 4 nitrogen and oxygen atoms in total. The highest BCUT2D eigenvalue weighted by atomic mass is 16.5. The third kappa shape index (κ3) is 3.84. The molecule has 0 bridgehead atoms. The Bertz CT molecular complexity index is 831. The molecule has 29 heavy (non-hydrogen) atoms. The van der Waals surface area contributed by atoms with Crippen molar-refractivity contribution in [3.63, 3.8) is 0 Å². The Morgan fingerprint density at radius 1 is 1.03 bits per heavy atom. The molecule has 0 amide bonds. The molecule has 2 aromatic carbocycles. The number of nitrogens with zero attached hydrogens (tertiary/aromatic N) is 1. The van der Waals surface area contributed by atoms with Crippen molar-refractivity contribution in [1.29, 1.82) is 0 Å². The predicted octanol–water partition coefficient (Wildman–Crippen LogP) is 5.16. The van der Waals surface area contributed by atoms with Crippen molar-refractivity contribution < 1.29 is 14.6 Å². The van der Waals surface area contributed by atoms with Gasteiger partial charge >= 0.3 is 5.97 Å². The van der Waals surface area contributed by atoms with Gasteiger partial charge in [0.1, 0.15) is 11.6 Å². The SMILES string of the molecule is CCC1(CC)OC(CCCN(C)C(C)C(=O)O)(c2ccccc2)c2ccccc21. The van der Waals surface area contributed by atoms with Crippen LogP contribution in [-0.4, -0.2) is 35.6 Å². The van der Waals surface area contributed by atoms with Crippen LogP contribution in [0.25, 0.3) is 0 Å². The molecule has 1 aliphatic rings. The molecule has 1 aliphatic heterocycles. The molecule has 1 heterocycles. The van der Waals surface area contributed by atoms with E-state index < -0.39 is 17.6 Å². The van der Waals surface area contributed by atoms with Crippen LogP contribution in [0.1, 0.15) is 63.1 Å². The minimum atomic E-state index is -0.788. The molecule has 0 aliphatic carbocycles. The highest BCUT2D eigenvalue weighted by Crippen LogP contribution is 2.55. The van der Waals surface area contributed by atoms with E-state index in [1.807, 2.05) is 18.0 Å². The molecule has 156 valence electrons. The average molecular weight is 396 g/mol. The lowest BCUT2D eigenvalue weighted by atomic mass is 9.80. The van der Waals surface area contributed by atoms with Gasteiger partial charge in [0.15, 0.2) is 0 Å². The van der Waals surface area contributed by atoms with Crippen LogP contribution in [0.5, 0.6) is 0 Å². The summed E-state index contributed by atoms with van der Waals surface area (Å²) in [5.74, 6) is -0.788. The minimum Gasteiger partial charge on any atom is -0.480 e. The zero-order valence-electron chi connectivity index (χ0n) is 18.0. The molecule has 0 spiro atoms. The van der Waals surface area contributed by atoms with Crippen LogP contribution >= 0.6 is 0 Å². The van der Waals surface area contributed by atoms with Crippen LogP contribution in [0.4, 0.5) is 0 Å². The number of aliphatic carboxylic acids is 1. The van der Waals surface area contributed by atoms with Gasteiger partial charge in [-0.3, -0.25) is 9.69 Å². The fraction of sp³-hybridized carbons (Fsp3) is 0.480. The van der Waals surface area contributed by atoms with Gasteiger partial charge in [-0.1, -0.05) is 68.4 Å². The maximum Gasteiger partial charge on any atom is 0.320 e. The predicted molar refractivity (Wildman–Crippen MR) is 116 cm³/mol. The van der Waals surface area contributed by atoms with Gasteiger partial charge in [0.25, 0.3) is 0 Å². The molecular weight excluding hydrogens is 362 g/mol. The van der Waals surface area contributed by atoms with Crippen molar-refractivity contribution in [1.82, 2.24) is 4.90 Å². The highest BCUT2D eigenvalue weighted by molar-refractivity contribution is 5.72. The summed E-state index contributed by atoms with van der Waals surface area (Å²) in [4.78, 5) is 13.2. The van der Waals surface area contributed by atoms with Gasteiger partial charge in [0.2, 0.25) is 0 Å². The molecule has 4 heteroatoms. The van der Waals surface area contributed by atoms with Gasteiger partial charge in [0.05, 0.1) is 5.60 Å². The number of hydrogen-bond donors (Lipinski definition) is 1. The van der Waals surface area contributed by atoms with Gasteiger partial charge in [-0.05, 0) is 62.9 Å². The van der Waals surface area contributed by atoms with Crippen molar-refractivity contribution in [2.45, 2.75) is 63.7 Å². The van der Waals surface area contributed by atoms with Crippen molar-refractivity contribution in [2.24, 2.45) is 0 Å². The van der Waals surface area contributed by atoms with Crippen LogP contribution in [-0.2, 0) is 20.7 Å². The number of fused-ring (bicyclic) bond motifs is 1. The van der Waals surface area contributed by atoms with Gasteiger partial charge in [-0.2, -0.15) is 0 Å². The first-order valence-electron chi connectivity index (χ1n) is 10.7. The molecule has 0 fully saturated rings. The van der Waals surface area contributed by atoms with Gasteiger partial charge in [-0.25, -0.2) is 0 Å². The number of hydrogen-bond acceptors (Lipinski definition) is 3. The Balaban J connectivity index is 1.98. The molecular formula is C25H33NO3. The van der Waals surface area contributed by atoms with E-state index in [-0.39, 0.29) is 5.60 Å². The summed E-state index contributed by atoms with van der Waals surface area (Å²) in [6.07, 6.45) is 3.50. The van der Waals surface area contributed by atoms with E-state index in [0.717, 1.165) is 25.7 Å². The summed E-state index contributed by atoms with van der Waals surface area (Å²) in [7, 11) is 1.87. The molecule has 2 unspecified atom stereocenters. The van der Waals surface area contributed by atoms with Gasteiger partial charge in [0, 0.05) is 0 Å². The number of likely N-dealkylation sites (N-methyl/N-ethyl adjacent to an activating group) is 1. The molecule has 0 radical (unpaired) electrons. The third-order valence-corrected chi connectivity index (χ3v) is 6.66. The summed E-state index contributed by atoms with van der Waals surface area (Å²) in [6.45, 7) is 6.84. The summed E-state index contributed by atoms with van der Waals surface area (Å²) >= 11 is 0. The Morgan fingerprint density at radius 3 is 2.21 bits per heavy atom. The summed E-state index contributed by atoms with van der Waals surface area (Å²) < 4.78 is 7.05. The van der Waals surface area contributed by atoms with E-state index in [1.165, 1.54) is 16.7 Å². The molecule has 2 aromatic rings. The average Bonchev–Trinajstić information content (AvgIpc) is 3.05. The second-order valence-corrected chi connectivity index (χ2v) is 8.14. The maximum absolute atomic E-state index is 11.3. The van der Waals surface area contributed by atoms with E-state index in [4.69, 9.17) is 4.74 Å². The molecule has 0 saturated carbocycles. The van der Waals surface area contributed by atoms with Crippen LogP contribution < -0.4 is 0 Å². The molecule has 2 atom stereocenters. The summed E-state index contributed by atoms with van der Waals surface area (Å²) in [5, 5.41) is 9.29. The lowest BCUT2D eigenvalue weighted by molar-refractivity contribution is -0.142. The Labute approximate surface area is 174 Å². The number of carbonyl (C=O) groups is 1. The van der Waals surface area contributed by atoms with Gasteiger partial charge < -0.3 is 9.84 Å². The van der Waals surface area contributed by atoms with Crippen LogP contribution in [0.15, 0.2) is 54.6 Å². The normalized spacial score (nSPS) is 21.1. The van der Waals surface area contributed by atoms with Crippen LogP contribution in [0.2, 0.25) is 0 Å². The first kappa shape index (κ1) is 21.5. The number of carboxylic acids is 1. The molecule has 0 saturated heterocycles. The first-order valence-corrected chi connectivity index (χ1v) is 10.7. The topological polar surface area (TPSA) is 49.8 Å². The fourth-order valence-electron chi connectivity index (χ4n) is 4.66. The second-order valence-electron chi connectivity index (χ2n) is 8.14. The second kappa shape index (κ2) is 8.68. The number of ether oxygens (including phenoxy) is 1. The Kier molecular flexibility index (Phi) is 6.45. The van der Waals surface area contributed by atoms with E-state index in [0.29, 0.717) is 6.54 Å².